The van der Waals surface area contributed by atoms with Gasteiger partial charge in [0.1, 0.15) is 6.61 Å². The van der Waals surface area contributed by atoms with Crippen LogP contribution in [0.5, 0.6) is 11.5 Å². The summed E-state index contributed by atoms with van der Waals surface area (Å²) in [5, 5.41) is 8.46. The van der Waals surface area contributed by atoms with Gasteiger partial charge in [-0.3, -0.25) is 14.4 Å². The molecule has 2 heterocycles. The van der Waals surface area contributed by atoms with E-state index >= 15 is 0 Å². The second kappa shape index (κ2) is 8.95. The van der Waals surface area contributed by atoms with Gasteiger partial charge in [-0.1, -0.05) is 23.7 Å². The number of nitrogens with one attached hydrogen (secondary N) is 1. The molecule has 33 heavy (non-hydrogen) atoms. The van der Waals surface area contributed by atoms with Crippen LogP contribution in [0.2, 0.25) is 5.02 Å². The van der Waals surface area contributed by atoms with Crippen molar-refractivity contribution in [2.75, 3.05) is 25.2 Å². The third-order valence-electron chi connectivity index (χ3n) is 5.11. The molecule has 0 fully saturated rings. The van der Waals surface area contributed by atoms with Crippen LogP contribution in [0.3, 0.4) is 0 Å². The molecule has 1 unspecified atom stereocenters. The first-order valence-electron chi connectivity index (χ1n) is 10.0. The first-order valence-corrected chi connectivity index (χ1v) is 11.2. The van der Waals surface area contributed by atoms with Crippen LogP contribution in [-0.4, -0.2) is 48.2 Å². The quantitative estimate of drug-likeness (QED) is 0.694. The lowest BCUT2D eigenvalue weighted by Gasteiger charge is -2.29. The van der Waals surface area contributed by atoms with Gasteiger partial charge in [-0.05, 0) is 42.1 Å². The van der Waals surface area contributed by atoms with Crippen molar-refractivity contribution < 1.29 is 23.9 Å². The highest BCUT2D eigenvalue weighted by Gasteiger charge is 2.61. The van der Waals surface area contributed by atoms with E-state index in [1.54, 1.807) is 37.4 Å². The molecule has 2 aromatic carbocycles. The summed E-state index contributed by atoms with van der Waals surface area (Å²) >= 11 is 7.25. The summed E-state index contributed by atoms with van der Waals surface area (Å²) in [7, 11) is 1.55. The van der Waals surface area contributed by atoms with E-state index in [9.17, 15) is 14.4 Å². The summed E-state index contributed by atoms with van der Waals surface area (Å²) in [6, 6.07) is 12.3. The number of carbonyl (C=O) groups excluding carboxylic acids is 3. The van der Waals surface area contributed by atoms with Crippen LogP contribution in [-0.2, 0) is 19.3 Å². The number of benzene rings is 2. The Hall–Kier alpha value is -3.24. The summed E-state index contributed by atoms with van der Waals surface area (Å²) in [4.78, 5) is 38.0. The number of amides is 3. The van der Waals surface area contributed by atoms with Crippen LogP contribution in [0.4, 0.5) is 5.69 Å². The molecule has 1 N–H and O–H groups in total. The molecule has 1 spiro atoms. The molecule has 2 aliphatic rings. The van der Waals surface area contributed by atoms with E-state index < -0.39 is 10.8 Å². The van der Waals surface area contributed by atoms with E-state index in [2.05, 4.69) is 10.4 Å². The topological polar surface area (TPSA) is 101 Å². The number of anilines is 1. The molecule has 0 bridgehead atoms. The molecule has 2 aliphatic heterocycles. The molecule has 3 amide bonds. The van der Waals surface area contributed by atoms with Gasteiger partial charge in [0.15, 0.2) is 16.7 Å². The third-order valence-corrected chi connectivity index (χ3v) is 6.58. The van der Waals surface area contributed by atoms with Crippen molar-refractivity contribution in [2.45, 2.75) is 18.7 Å². The number of halogens is 1. The maximum Gasteiger partial charge on any atom is 0.270 e. The Bertz CT molecular complexity index is 1170. The molecule has 0 saturated carbocycles. The third kappa shape index (κ3) is 4.00. The number of amidine groups is 1. The van der Waals surface area contributed by atoms with Crippen LogP contribution in [0, 0.1) is 0 Å². The molecule has 0 aliphatic carbocycles. The zero-order chi connectivity index (χ0) is 23.8. The molecule has 2 aromatic rings. The summed E-state index contributed by atoms with van der Waals surface area (Å²) in [6.45, 7) is 3.02. The Morgan fingerprint density at radius 2 is 1.91 bits per heavy atom. The van der Waals surface area contributed by atoms with E-state index in [-0.39, 0.29) is 30.1 Å². The van der Waals surface area contributed by atoms with Crippen molar-refractivity contribution in [3.63, 3.8) is 0 Å². The molecule has 172 valence electrons. The van der Waals surface area contributed by atoms with Crippen LogP contribution < -0.4 is 19.7 Å². The second-order valence-electron chi connectivity index (χ2n) is 7.28. The van der Waals surface area contributed by atoms with E-state index in [4.69, 9.17) is 21.1 Å². The lowest BCUT2D eigenvalue weighted by atomic mass is 10.1. The minimum Gasteiger partial charge on any atom is -0.493 e. The fraction of sp³-hybridized carbons (Fsp3) is 0.273. The fourth-order valence-electron chi connectivity index (χ4n) is 3.79. The van der Waals surface area contributed by atoms with Crippen molar-refractivity contribution in [3.05, 3.63) is 53.1 Å². The van der Waals surface area contributed by atoms with Crippen molar-refractivity contribution >= 4 is 51.9 Å². The van der Waals surface area contributed by atoms with Gasteiger partial charge in [0.2, 0.25) is 16.7 Å². The average molecular weight is 489 g/mol. The SMILES string of the molecule is COc1ccccc1OCCN1C(=O)C2(SC(NC(C)=O)=NN2C(C)=O)c2cc(Cl)ccc21. The zero-order valence-corrected chi connectivity index (χ0v) is 19.7. The number of hydrogen-bond acceptors (Lipinski definition) is 7. The highest BCUT2D eigenvalue weighted by atomic mass is 35.5. The van der Waals surface area contributed by atoms with Crippen LogP contribution >= 0.6 is 23.4 Å². The van der Waals surface area contributed by atoms with E-state index in [0.29, 0.717) is 27.8 Å². The van der Waals surface area contributed by atoms with Crippen LogP contribution in [0.25, 0.3) is 0 Å². The molecule has 0 radical (unpaired) electrons. The smallest absolute Gasteiger partial charge is 0.270 e. The van der Waals surface area contributed by atoms with Crippen molar-refractivity contribution in [2.24, 2.45) is 5.10 Å². The fourth-order valence-corrected chi connectivity index (χ4v) is 5.29. The second-order valence-corrected chi connectivity index (χ2v) is 8.90. The minimum absolute atomic E-state index is 0.157. The molecular weight excluding hydrogens is 468 g/mol. The maximum atomic E-state index is 13.8. The molecule has 11 heteroatoms. The Morgan fingerprint density at radius 3 is 2.58 bits per heavy atom. The number of para-hydroxylation sites is 2. The number of carbonyl (C=O) groups is 3. The maximum absolute atomic E-state index is 13.8. The summed E-state index contributed by atoms with van der Waals surface area (Å²) in [6.07, 6.45) is 0. The number of ether oxygens (including phenoxy) is 2. The molecule has 4 rings (SSSR count). The Labute approximate surface area is 199 Å². The zero-order valence-electron chi connectivity index (χ0n) is 18.1. The number of methoxy groups -OCH3 is 1. The number of fused-ring (bicyclic) bond motifs is 2. The Kier molecular flexibility index (Phi) is 6.22. The average Bonchev–Trinajstić information content (AvgIpc) is 3.26. The molecule has 9 nitrogen and oxygen atoms in total. The number of hydrazone groups is 1. The molecule has 1 atom stereocenters. The molecular formula is C22H21ClN4O5S. The largest absolute Gasteiger partial charge is 0.493 e. The summed E-state index contributed by atoms with van der Waals surface area (Å²) < 4.78 is 11.2. The van der Waals surface area contributed by atoms with Gasteiger partial charge in [0, 0.05) is 24.4 Å². The predicted molar refractivity (Wildman–Crippen MR) is 125 cm³/mol. The molecule has 0 saturated heterocycles. The van der Waals surface area contributed by atoms with Gasteiger partial charge in [-0.15, -0.1) is 5.10 Å². The Morgan fingerprint density at radius 1 is 1.18 bits per heavy atom. The first kappa shape index (κ1) is 22.9. The number of rotatable bonds is 5. The monoisotopic (exact) mass is 488 g/mol. The van der Waals surface area contributed by atoms with Crippen LogP contribution in [0.15, 0.2) is 47.6 Å². The standard InChI is InChI=1S/C22H21ClN4O5S/c1-13(28)24-21-25-27(14(2)29)22(33-21)16-12-15(23)8-9-17(16)26(20(22)30)10-11-32-19-7-5-4-6-18(19)31-3/h4-9,12H,10-11H2,1-3H3,(H,24,25,28). The Balaban J connectivity index is 1.66. The first-order chi connectivity index (χ1) is 15.8. The number of nitrogens with zero attached hydrogens (tertiary/aromatic N) is 3. The van der Waals surface area contributed by atoms with Gasteiger partial charge >= 0.3 is 0 Å². The molecule has 0 aromatic heterocycles. The van der Waals surface area contributed by atoms with Crippen molar-refractivity contribution in [1.29, 1.82) is 0 Å². The van der Waals surface area contributed by atoms with Gasteiger partial charge in [-0.25, -0.2) is 0 Å². The van der Waals surface area contributed by atoms with Gasteiger partial charge < -0.3 is 19.7 Å². The van der Waals surface area contributed by atoms with E-state index in [0.717, 1.165) is 16.8 Å². The van der Waals surface area contributed by atoms with Crippen molar-refractivity contribution in [3.8, 4) is 11.5 Å². The normalized spacial score (nSPS) is 18.9. The van der Waals surface area contributed by atoms with Crippen LogP contribution in [0.1, 0.15) is 19.4 Å². The van der Waals surface area contributed by atoms with E-state index in [1.165, 1.54) is 18.7 Å². The van der Waals surface area contributed by atoms with Crippen molar-refractivity contribution in [1.82, 2.24) is 10.3 Å². The number of thioether (sulfide) groups is 1. The highest BCUT2D eigenvalue weighted by molar-refractivity contribution is 8.15. The summed E-state index contributed by atoms with van der Waals surface area (Å²) in [5.41, 5.74) is 1.10. The number of hydrogen-bond donors (Lipinski definition) is 1. The van der Waals surface area contributed by atoms with Gasteiger partial charge in [0.25, 0.3) is 5.91 Å². The predicted octanol–water partition coefficient (Wildman–Crippen LogP) is 2.93. The minimum atomic E-state index is -1.51. The summed E-state index contributed by atoms with van der Waals surface area (Å²) in [5.74, 6) is -0.0616. The lowest BCUT2D eigenvalue weighted by Crippen LogP contribution is -2.49. The van der Waals surface area contributed by atoms with Gasteiger partial charge in [0.05, 0.1) is 19.3 Å². The lowest BCUT2D eigenvalue weighted by molar-refractivity contribution is -0.139. The van der Waals surface area contributed by atoms with E-state index in [1.807, 2.05) is 12.1 Å². The van der Waals surface area contributed by atoms with Gasteiger partial charge in [-0.2, -0.15) is 5.01 Å². The highest BCUT2D eigenvalue weighted by Crippen LogP contribution is 2.54.